The van der Waals surface area contributed by atoms with E-state index >= 15 is 0 Å². The van der Waals surface area contributed by atoms with Crippen LogP contribution < -0.4 is 5.32 Å². The van der Waals surface area contributed by atoms with Crippen LogP contribution in [-0.4, -0.2) is 44.7 Å². The third-order valence-electron chi connectivity index (χ3n) is 5.29. The Kier molecular flexibility index (Phi) is 6.04. The molecule has 6 heteroatoms. The van der Waals surface area contributed by atoms with Crippen LogP contribution in [0.25, 0.3) is 0 Å². The Hall–Kier alpha value is -2.21. The molecule has 1 N–H and O–H groups in total. The van der Waals surface area contributed by atoms with Crippen LogP contribution >= 0.6 is 0 Å². The number of nitrogens with zero attached hydrogens (tertiary/aromatic N) is 4. The van der Waals surface area contributed by atoms with Gasteiger partial charge in [0.05, 0.1) is 5.69 Å². The minimum Gasteiger partial charge on any atom is -0.352 e. The van der Waals surface area contributed by atoms with Gasteiger partial charge in [-0.15, -0.1) is 0 Å². The number of likely N-dealkylation sites (tertiary alicyclic amines) is 1. The highest BCUT2D eigenvalue weighted by Gasteiger charge is 2.21. The normalized spacial score (nSPS) is 18.0. The van der Waals surface area contributed by atoms with Crippen LogP contribution in [0.1, 0.15) is 41.8 Å². The second-order valence-corrected chi connectivity index (χ2v) is 7.27. The SMILES string of the molecule is Cc1nn(CCC(=O)NC2CCCN(Cc3cccnc3)C2)c(C)c1C. The second kappa shape index (κ2) is 8.45. The summed E-state index contributed by atoms with van der Waals surface area (Å²) in [4.78, 5) is 19.0. The lowest BCUT2D eigenvalue weighted by atomic mass is 10.0. The molecule has 1 saturated heterocycles. The Morgan fingerprint density at radius 2 is 2.19 bits per heavy atom. The number of aryl methyl sites for hydroxylation is 2. The standard InChI is InChI=1S/C20H29N5O/c1-15-16(2)23-25(17(15)3)11-8-20(26)22-19-7-5-10-24(14-19)13-18-6-4-9-21-12-18/h4,6,9,12,19H,5,7-8,10-11,13-14H2,1-3H3,(H,22,26). The van der Waals surface area contributed by atoms with E-state index in [4.69, 9.17) is 0 Å². The molecule has 1 aliphatic heterocycles. The molecule has 6 nitrogen and oxygen atoms in total. The van der Waals surface area contributed by atoms with E-state index in [1.165, 1.54) is 11.1 Å². The zero-order chi connectivity index (χ0) is 18.5. The molecule has 26 heavy (non-hydrogen) atoms. The van der Waals surface area contributed by atoms with E-state index in [0.29, 0.717) is 13.0 Å². The molecule has 0 aliphatic carbocycles. The van der Waals surface area contributed by atoms with Crippen LogP contribution in [-0.2, 0) is 17.9 Å². The number of nitrogens with one attached hydrogen (secondary N) is 1. The lowest BCUT2D eigenvalue weighted by Gasteiger charge is -2.33. The molecular formula is C20H29N5O. The molecule has 0 spiro atoms. The van der Waals surface area contributed by atoms with Crippen molar-refractivity contribution in [3.05, 3.63) is 47.0 Å². The van der Waals surface area contributed by atoms with Gasteiger partial charge in [-0.2, -0.15) is 5.10 Å². The maximum Gasteiger partial charge on any atom is 0.222 e. The number of piperidine rings is 1. The highest BCUT2D eigenvalue weighted by Crippen LogP contribution is 2.14. The number of amides is 1. The first kappa shape index (κ1) is 18.6. The summed E-state index contributed by atoms with van der Waals surface area (Å²) in [6.45, 7) is 9.66. The van der Waals surface area contributed by atoms with Crippen molar-refractivity contribution in [1.82, 2.24) is 25.0 Å². The van der Waals surface area contributed by atoms with Gasteiger partial charge in [-0.05, 0) is 57.4 Å². The summed E-state index contributed by atoms with van der Waals surface area (Å²) in [5, 5.41) is 7.72. The van der Waals surface area contributed by atoms with E-state index in [9.17, 15) is 4.79 Å². The number of pyridine rings is 1. The highest BCUT2D eigenvalue weighted by atomic mass is 16.1. The minimum absolute atomic E-state index is 0.114. The number of rotatable bonds is 6. The summed E-state index contributed by atoms with van der Waals surface area (Å²) < 4.78 is 1.94. The molecule has 1 fully saturated rings. The van der Waals surface area contributed by atoms with Crippen molar-refractivity contribution < 1.29 is 4.79 Å². The first-order chi connectivity index (χ1) is 12.5. The average molecular weight is 355 g/mol. The molecule has 0 aromatic carbocycles. The highest BCUT2D eigenvalue weighted by molar-refractivity contribution is 5.76. The lowest BCUT2D eigenvalue weighted by molar-refractivity contribution is -0.122. The van der Waals surface area contributed by atoms with Crippen molar-refractivity contribution in [3.63, 3.8) is 0 Å². The van der Waals surface area contributed by atoms with Crippen molar-refractivity contribution in [2.75, 3.05) is 13.1 Å². The van der Waals surface area contributed by atoms with E-state index < -0.39 is 0 Å². The summed E-state index contributed by atoms with van der Waals surface area (Å²) in [5.74, 6) is 0.114. The van der Waals surface area contributed by atoms with Gasteiger partial charge in [0.1, 0.15) is 0 Å². The van der Waals surface area contributed by atoms with E-state index in [-0.39, 0.29) is 11.9 Å². The van der Waals surface area contributed by atoms with Gasteiger partial charge >= 0.3 is 0 Å². The Morgan fingerprint density at radius 3 is 2.88 bits per heavy atom. The molecular weight excluding hydrogens is 326 g/mol. The monoisotopic (exact) mass is 355 g/mol. The molecule has 1 aliphatic rings. The molecule has 1 unspecified atom stereocenters. The Labute approximate surface area is 155 Å². The van der Waals surface area contributed by atoms with Gasteiger partial charge in [-0.3, -0.25) is 19.4 Å². The summed E-state index contributed by atoms with van der Waals surface area (Å²) in [6.07, 6.45) is 6.35. The predicted octanol–water partition coefficient (Wildman–Crippen LogP) is 2.37. The lowest BCUT2D eigenvalue weighted by Crippen LogP contribution is -2.47. The molecule has 0 saturated carbocycles. The summed E-state index contributed by atoms with van der Waals surface area (Å²) in [5.41, 5.74) is 4.62. The first-order valence-corrected chi connectivity index (χ1v) is 9.44. The quantitative estimate of drug-likeness (QED) is 0.864. The molecule has 3 heterocycles. The summed E-state index contributed by atoms with van der Waals surface area (Å²) in [6, 6.07) is 4.31. The van der Waals surface area contributed by atoms with Crippen LogP contribution in [0.2, 0.25) is 0 Å². The number of hydrogen-bond acceptors (Lipinski definition) is 4. The van der Waals surface area contributed by atoms with Gasteiger partial charge in [-0.1, -0.05) is 6.07 Å². The van der Waals surface area contributed by atoms with Crippen LogP contribution in [0.5, 0.6) is 0 Å². The molecule has 0 radical (unpaired) electrons. The second-order valence-electron chi connectivity index (χ2n) is 7.27. The first-order valence-electron chi connectivity index (χ1n) is 9.44. The van der Waals surface area contributed by atoms with Crippen LogP contribution in [0.3, 0.4) is 0 Å². The number of carbonyl (C=O) groups excluding carboxylic acids is 1. The predicted molar refractivity (Wildman–Crippen MR) is 102 cm³/mol. The van der Waals surface area contributed by atoms with Crippen molar-refractivity contribution in [3.8, 4) is 0 Å². The minimum atomic E-state index is 0.114. The van der Waals surface area contributed by atoms with Crippen molar-refractivity contribution in [2.45, 2.75) is 59.2 Å². The molecule has 1 amide bonds. The van der Waals surface area contributed by atoms with Crippen LogP contribution in [0.15, 0.2) is 24.5 Å². The fourth-order valence-electron chi connectivity index (χ4n) is 3.58. The molecule has 1 atom stereocenters. The fraction of sp³-hybridized carbons (Fsp3) is 0.550. The Balaban J connectivity index is 1.47. The van der Waals surface area contributed by atoms with Gasteiger partial charge in [-0.25, -0.2) is 0 Å². The van der Waals surface area contributed by atoms with Crippen molar-refractivity contribution in [1.29, 1.82) is 0 Å². The smallest absolute Gasteiger partial charge is 0.222 e. The van der Waals surface area contributed by atoms with Gasteiger partial charge in [0.15, 0.2) is 0 Å². The largest absolute Gasteiger partial charge is 0.352 e. The van der Waals surface area contributed by atoms with Crippen LogP contribution in [0.4, 0.5) is 0 Å². The van der Waals surface area contributed by atoms with Gasteiger partial charge < -0.3 is 5.32 Å². The molecule has 0 bridgehead atoms. The van der Waals surface area contributed by atoms with Gasteiger partial charge in [0.25, 0.3) is 0 Å². The summed E-state index contributed by atoms with van der Waals surface area (Å²) in [7, 11) is 0. The third kappa shape index (κ3) is 4.69. The number of carbonyl (C=O) groups is 1. The van der Waals surface area contributed by atoms with E-state index in [2.05, 4.69) is 40.2 Å². The average Bonchev–Trinajstić information content (AvgIpc) is 2.88. The molecule has 3 rings (SSSR count). The number of hydrogen-bond donors (Lipinski definition) is 1. The zero-order valence-corrected chi connectivity index (χ0v) is 16.0. The number of aromatic nitrogens is 3. The fourth-order valence-corrected chi connectivity index (χ4v) is 3.58. The van der Waals surface area contributed by atoms with Gasteiger partial charge in [0, 0.05) is 50.2 Å². The zero-order valence-electron chi connectivity index (χ0n) is 16.0. The summed E-state index contributed by atoms with van der Waals surface area (Å²) >= 11 is 0. The van der Waals surface area contributed by atoms with Gasteiger partial charge in [0.2, 0.25) is 5.91 Å². The van der Waals surface area contributed by atoms with E-state index in [1.807, 2.05) is 23.9 Å². The molecule has 2 aromatic rings. The van der Waals surface area contributed by atoms with Crippen LogP contribution in [0, 0.1) is 20.8 Å². The maximum atomic E-state index is 12.4. The van der Waals surface area contributed by atoms with Crippen molar-refractivity contribution >= 4 is 5.91 Å². The molecule has 2 aromatic heterocycles. The maximum absolute atomic E-state index is 12.4. The van der Waals surface area contributed by atoms with E-state index in [1.54, 1.807) is 6.20 Å². The Bertz CT molecular complexity index is 740. The van der Waals surface area contributed by atoms with Crippen molar-refractivity contribution in [2.24, 2.45) is 0 Å². The molecule has 140 valence electrons. The van der Waals surface area contributed by atoms with E-state index in [0.717, 1.165) is 43.9 Å². The topological polar surface area (TPSA) is 63.1 Å². The Morgan fingerprint density at radius 1 is 1.35 bits per heavy atom. The third-order valence-corrected chi connectivity index (χ3v) is 5.29.